The first-order valence-corrected chi connectivity index (χ1v) is 10.6. The van der Waals surface area contributed by atoms with E-state index in [1.165, 1.54) is 11.1 Å². The van der Waals surface area contributed by atoms with E-state index in [-0.39, 0.29) is 23.6 Å². The van der Waals surface area contributed by atoms with Gasteiger partial charge in [-0.3, -0.25) is 0 Å². The molecule has 2 aromatic carbocycles. The van der Waals surface area contributed by atoms with Gasteiger partial charge in [0.05, 0.1) is 6.04 Å². The lowest BCUT2D eigenvalue weighted by Crippen LogP contribution is -2.42. The Balaban J connectivity index is 1.63. The van der Waals surface area contributed by atoms with Crippen molar-refractivity contribution in [2.24, 2.45) is 5.73 Å². The van der Waals surface area contributed by atoms with Crippen LogP contribution in [0.3, 0.4) is 0 Å². The number of nitrogens with two attached hydrogens (primary N) is 1. The topological polar surface area (TPSA) is 64.8 Å². The van der Waals surface area contributed by atoms with Gasteiger partial charge in [0.1, 0.15) is 18.0 Å². The highest BCUT2D eigenvalue weighted by Gasteiger charge is 2.36. The molecule has 1 saturated heterocycles. The van der Waals surface area contributed by atoms with Gasteiger partial charge in [-0.15, -0.1) is 0 Å². The first-order chi connectivity index (χ1) is 14.1. The summed E-state index contributed by atoms with van der Waals surface area (Å²) in [6, 6.07) is 18.5. The van der Waals surface area contributed by atoms with Crippen molar-refractivity contribution in [2.75, 3.05) is 13.2 Å². The van der Waals surface area contributed by atoms with Gasteiger partial charge in [-0.2, -0.15) is 0 Å². The third kappa shape index (κ3) is 5.33. The van der Waals surface area contributed by atoms with Crippen LogP contribution in [-0.4, -0.2) is 41.8 Å². The highest BCUT2D eigenvalue weighted by Crippen LogP contribution is 2.32. The lowest BCUT2D eigenvalue weighted by atomic mass is 9.78. The van der Waals surface area contributed by atoms with Crippen molar-refractivity contribution in [2.45, 2.75) is 64.1 Å². The number of rotatable bonds is 5. The lowest BCUT2D eigenvalue weighted by molar-refractivity contribution is 0.0186. The minimum atomic E-state index is -0.531. The maximum atomic E-state index is 12.5. The summed E-state index contributed by atoms with van der Waals surface area (Å²) >= 11 is 0. The number of ether oxygens (including phenoxy) is 2. The number of carbonyl (C=O) groups is 1. The summed E-state index contributed by atoms with van der Waals surface area (Å²) in [4.78, 5) is 14.2. The summed E-state index contributed by atoms with van der Waals surface area (Å²) in [6.07, 6.45) is 0.377. The quantitative estimate of drug-likeness (QED) is 0.774. The molecule has 0 aromatic heterocycles. The molecule has 30 heavy (non-hydrogen) atoms. The van der Waals surface area contributed by atoms with Crippen LogP contribution in [0.5, 0.6) is 5.75 Å². The summed E-state index contributed by atoms with van der Waals surface area (Å²) < 4.78 is 11.5. The van der Waals surface area contributed by atoms with Crippen molar-refractivity contribution in [3.8, 4) is 5.75 Å². The van der Waals surface area contributed by atoms with E-state index in [2.05, 4.69) is 50.2 Å². The van der Waals surface area contributed by atoms with Crippen molar-refractivity contribution in [1.29, 1.82) is 0 Å². The van der Waals surface area contributed by atoms with Crippen molar-refractivity contribution < 1.29 is 14.3 Å². The smallest absolute Gasteiger partial charge is 0.410 e. The highest BCUT2D eigenvalue weighted by molar-refractivity contribution is 5.69. The molecule has 1 heterocycles. The standard InChI is InChI=1S/C25H34N2O3/c1-24(2,3)30-23(28)27-16-20(26)15-21(27)17-29-22-13-11-19(12-14-22)25(4,5)18-9-7-6-8-10-18/h6-14,20-21H,15-17,26H2,1-5H3/t20-,21-/m0/s1. The Hall–Kier alpha value is -2.53. The van der Waals surface area contributed by atoms with Gasteiger partial charge in [0, 0.05) is 18.0 Å². The van der Waals surface area contributed by atoms with Gasteiger partial charge in [-0.1, -0.05) is 56.3 Å². The van der Waals surface area contributed by atoms with E-state index in [0.29, 0.717) is 19.6 Å². The maximum absolute atomic E-state index is 12.5. The molecule has 0 aliphatic carbocycles. The first-order valence-electron chi connectivity index (χ1n) is 10.6. The fraction of sp³-hybridized carbons (Fsp3) is 0.480. The molecule has 1 aliphatic rings. The van der Waals surface area contributed by atoms with Gasteiger partial charge in [0.15, 0.2) is 0 Å². The Bertz CT molecular complexity index is 841. The van der Waals surface area contributed by atoms with E-state index < -0.39 is 5.60 Å². The summed E-state index contributed by atoms with van der Waals surface area (Å²) in [6.45, 7) is 10.9. The molecule has 2 aromatic rings. The Morgan fingerprint density at radius 2 is 1.60 bits per heavy atom. The van der Waals surface area contributed by atoms with Gasteiger partial charge in [0.2, 0.25) is 0 Å². The SMILES string of the molecule is CC(C)(C)OC(=O)N1C[C@@H](N)C[C@H]1COc1ccc(C(C)(C)c2ccccc2)cc1. The van der Waals surface area contributed by atoms with Gasteiger partial charge < -0.3 is 20.1 Å². The second kappa shape index (κ2) is 8.68. The fourth-order valence-corrected chi connectivity index (χ4v) is 3.84. The molecule has 1 amide bonds. The van der Waals surface area contributed by atoms with Crippen LogP contribution >= 0.6 is 0 Å². The third-order valence-corrected chi connectivity index (χ3v) is 5.59. The molecule has 2 atom stereocenters. The van der Waals surface area contributed by atoms with Crippen LogP contribution in [0.2, 0.25) is 0 Å². The zero-order chi connectivity index (χ0) is 21.9. The fourth-order valence-electron chi connectivity index (χ4n) is 3.84. The molecule has 1 aliphatic heterocycles. The molecule has 2 N–H and O–H groups in total. The summed E-state index contributed by atoms with van der Waals surface area (Å²) in [7, 11) is 0. The number of carbonyl (C=O) groups excluding carboxylic acids is 1. The Morgan fingerprint density at radius 1 is 1.00 bits per heavy atom. The predicted molar refractivity (Wildman–Crippen MR) is 120 cm³/mol. The van der Waals surface area contributed by atoms with E-state index >= 15 is 0 Å². The highest BCUT2D eigenvalue weighted by atomic mass is 16.6. The molecule has 0 bridgehead atoms. The van der Waals surface area contributed by atoms with E-state index in [0.717, 1.165) is 5.75 Å². The minimum absolute atomic E-state index is 0.0554. The summed E-state index contributed by atoms with van der Waals surface area (Å²) in [5.41, 5.74) is 7.97. The molecular weight excluding hydrogens is 376 g/mol. The predicted octanol–water partition coefficient (Wildman–Crippen LogP) is 4.73. The minimum Gasteiger partial charge on any atom is -0.491 e. The Labute approximate surface area is 180 Å². The average molecular weight is 411 g/mol. The van der Waals surface area contributed by atoms with E-state index in [9.17, 15) is 4.79 Å². The number of likely N-dealkylation sites (tertiary alicyclic amines) is 1. The van der Waals surface area contributed by atoms with Gasteiger partial charge >= 0.3 is 6.09 Å². The molecule has 0 unspecified atom stereocenters. The monoisotopic (exact) mass is 410 g/mol. The number of benzene rings is 2. The van der Waals surface area contributed by atoms with Gasteiger partial charge in [-0.25, -0.2) is 4.79 Å². The Morgan fingerprint density at radius 3 is 2.20 bits per heavy atom. The molecule has 3 rings (SSSR count). The van der Waals surface area contributed by atoms with E-state index in [4.69, 9.17) is 15.2 Å². The van der Waals surface area contributed by atoms with Crippen molar-refractivity contribution in [3.05, 3.63) is 65.7 Å². The largest absolute Gasteiger partial charge is 0.491 e. The number of hydrogen-bond donors (Lipinski definition) is 1. The van der Waals surface area contributed by atoms with Crippen LogP contribution in [0.1, 0.15) is 52.2 Å². The molecule has 0 spiro atoms. The summed E-state index contributed by atoms with van der Waals surface area (Å²) in [5.74, 6) is 0.784. The van der Waals surface area contributed by atoms with Crippen LogP contribution in [0.25, 0.3) is 0 Å². The normalized spacial score (nSPS) is 19.6. The van der Waals surface area contributed by atoms with Crippen LogP contribution < -0.4 is 10.5 Å². The molecule has 1 fully saturated rings. The molecule has 0 saturated carbocycles. The van der Waals surface area contributed by atoms with E-state index in [1.807, 2.05) is 39.0 Å². The van der Waals surface area contributed by atoms with Crippen LogP contribution in [0, 0.1) is 0 Å². The second-order valence-corrected chi connectivity index (χ2v) is 9.61. The van der Waals surface area contributed by atoms with Crippen LogP contribution in [0.4, 0.5) is 4.79 Å². The maximum Gasteiger partial charge on any atom is 0.410 e. The number of hydrogen-bond acceptors (Lipinski definition) is 4. The second-order valence-electron chi connectivity index (χ2n) is 9.61. The zero-order valence-electron chi connectivity index (χ0n) is 18.7. The van der Waals surface area contributed by atoms with Crippen molar-refractivity contribution in [1.82, 2.24) is 4.90 Å². The van der Waals surface area contributed by atoms with Gasteiger partial charge in [0.25, 0.3) is 0 Å². The summed E-state index contributed by atoms with van der Waals surface area (Å²) in [5, 5.41) is 0. The van der Waals surface area contributed by atoms with Crippen molar-refractivity contribution in [3.63, 3.8) is 0 Å². The number of nitrogens with zero attached hydrogens (tertiary/aromatic N) is 1. The lowest BCUT2D eigenvalue weighted by Gasteiger charge is -2.28. The van der Waals surface area contributed by atoms with Gasteiger partial charge in [-0.05, 0) is 50.5 Å². The molecule has 5 nitrogen and oxygen atoms in total. The zero-order valence-corrected chi connectivity index (χ0v) is 18.7. The Kier molecular flexibility index (Phi) is 6.41. The molecule has 0 radical (unpaired) electrons. The van der Waals surface area contributed by atoms with E-state index in [1.54, 1.807) is 4.90 Å². The molecule has 162 valence electrons. The number of amides is 1. The van der Waals surface area contributed by atoms with Crippen molar-refractivity contribution >= 4 is 6.09 Å². The van der Waals surface area contributed by atoms with Crippen LogP contribution in [-0.2, 0) is 10.2 Å². The first kappa shape index (κ1) is 22.2. The molecule has 5 heteroatoms. The third-order valence-electron chi connectivity index (χ3n) is 5.59. The average Bonchev–Trinajstić information content (AvgIpc) is 3.07. The van der Waals surface area contributed by atoms with Crippen LogP contribution in [0.15, 0.2) is 54.6 Å². The molecular formula is C25H34N2O3.